The summed E-state index contributed by atoms with van der Waals surface area (Å²) in [6.45, 7) is 0.646. The molecule has 0 saturated carbocycles. The van der Waals surface area contributed by atoms with E-state index in [-0.39, 0.29) is 28.3 Å². The van der Waals surface area contributed by atoms with Crippen LogP contribution in [0.2, 0.25) is 5.02 Å². The van der Waals surface area contributed by atoms with Gasteiger partial charge in [-0.3, -0.25) is 9.10 Å². The minimum Gasteiger partial charge on any atom is -0.495 e. The predicted octanol–water partition coefficient (Wildman–Crippen LogP) is 2.84. The van der Waals surface area contributed by atoms with Crippen LogP contribution in [0.3, 0.4) is 0 Å². The fourth-order valence-electron chi connectivity index (χ4n) is 3.06. The minimum absolute atomic E-state index is 0.0337. The molecule has 0 aromatic heterocycles. The van der Waals surface area contributed by atoms with Crippen LogP contribution in [0.1, 0.15) is 12.8 Å². The van der Waals surface area contributed by atoms with E-state index in [2.05, 4.69) is 5.32 Å². The third kappa shape index (κ3) is 5.20. The average Bonchev–Trinajstić information content (AvgIpc) is 3.24. The summed E-state index contributed by atoms with van der Waals surface area (Å²) >= 11 is 6.19. The Bertz CT molecular complexity index is 947. The number of ether oxygens (including phenoxy) is 2. The molecular formula is C20H23ClN2O5S. The smallest absolute Gasteiger partial charge is 0.264 e. The lowest BCUT2D eigenvalue weighted by Gasteiger charge is -2.25. The number of carbonyl (C=O) groups excluding carboxylic acids is 1. The van der Waals surface area contributed by atoms with Crippen molar-refractivity contribution in [2.45, 2.75) is 23.8 Å². The van der Waals surface area contributed by atoms with E-state index in [0.29, 0.717) is 18.9 Å². The molecule has 2 aromatic rings. The Morgan fingerprint density at radius 3 is 2.66 bits per heavy atom. The van der Waals surface area contributed by atoms with Crippen molar-refractivity contribution < 1.29 is 22.7 Å². The molecule has 1 atom stereocenters. The second kappa shape index (κ2) is 9.47. The lowest BCUT2D eigenvalue weighted by Crippen LogP contribution is -2.42. The fourth-order valence-corrected chi connectivity index (χ4v) is 4.75. The van der Waals surface area contributed by atoms with Crippen molar-refractivity contribution in [3.8, 4) is 5.75 Å². The first-order valence-corrected chi connectivity index (χ1v) is 11.0. The Morgan fingerprint density at radius 1 is 1.28 bits per heavy atom. The highest BCUT2D eigenvalue weighted by atomic mass is 35.5. The molecule has 2 aromatic carbocycles. The van der Waals surface area contributed by atoms with Gasteiger partial charge in [-0.05, 0) is 43.2 Å². The molecule has 1 saturated heterocycles. The number of anilines is 1. The highest BCUT2D eigenvalue weighted by Gasteiger charge is 2.28. The van der Waals surface area contributed by atoms with Gasteiger partial charge in [-0.15, -0.1) is 0 Å². The van der Waals surface area contributed by atoms with Gasteiger partial charge in [-0.25, -0.2) is 8.42 Å². The summed E-state index contributed by atoms with van der Waals surface area (Å²) < 4.78 is 38.1. The summed E-state index contributed by atoms with van der Waals surface area (Å²) in [4.78, 5) is 12.6. The van der Waals surface area contributed by atoms with Crippen LogP contribution in [0.15, 0.2) is 53.4 Å². The molecule has 1 N–H and O–H groups in total. The number of carbonyl (C=O) groups is 1. The monoisotopic (exact) mass is 438 g/mol. The summed E-state index contributed by atoms with van der Waals surface area (Å²) in [6, 6.07) is 12.5. The van der Waals surface area contributed by atoms with Gasteiger partial charge in [0.2, 0.25) is 5.91 Å². The highest BCUT2D eigenvalue weighted by molar-refractivity contribution is 7.92. The van der Waals surface area contributed by atoms with Crippen LogP contribution in [0.4, 0.5) is 5.69 Å². The maximum absolute atomic E-state index is 13.2. The fraction of sp³-hybridized carbons (Fsp3) is 0.350. The van der Waals surface area contributed by atoms with Gasteiger partial charge in [-0.2, -0.15) is 0 Å². The van der Waals surface area contributed by atoms with E-state index in [1.54, 1.807) is 30.3 Å². The molecule has 0 unspecified atom stereocenters. The topological polar surface area (TPSA) is 84.9 Å². The van der Waals surface area contributed by atoms with Crippen LogP contribution >= 0.6 is 11.6 Å². The van der Waals surface area contributed by atoms with Crippen LogP contribution in [0.5, 0.6) is 5.75 Å². The summed E-state index contributed by atoms with van der Waals surface area (Å²) in [5.41, 5.74) is 0.270. The average molecular weight is 439 g/mol. The molecular weight excluding hydrogens is 416 g/mol. The van der Waals surface area contributed by atoms with Gasteiger partial charge in [-0.1, -0.05) is 29.8 Å². The second-order valence-electron chi connectivity index (χ2n) is 6.58. The summed E-state index contributed by atoms with van der Waals surface area (Å²) in [6.07, 6.45) is 1.80. The first-order valence-electron chi connectivity index (χ1n) is 9.21. The standard InChI is InChI=1S/C20H23ClN2O5S/c1-27-19-10-9-15(12-18(19)21)23(29(25,26)17-7-3-2-4-8-17)14-20(24)22-13-16-6-5-11-28-16/h2-4,7-10,12,16H,5-6,11,13-14H2,1H3,(H,22,24)/t16-/m1/s1. The van der Waals surface area contributed by atoms with Crippen molar-refractivity contribution in [2.24, 2.45) is 0 Å². The van der Waals surface area contributed by atoms with Gasteiger partial charge in [0.25, 0.3) is 10.0 Å². The van der Waals surface area contributed by atoms with Gasteiger partial charge in [0.05, 0.1) is 28.8 Å². The van der Waals surface area contributed by atoms with Crippen LogP contribution < -0.4 is 14.4 Å². The Balaban J connectivity index is 1.87. The van der Waals surface area contributed by atoms with Crippen molar-refractivity contribution in [3.05, 3.63) is 53.6 Å². The Labute approximate surface area is 175 Å². The van der Waals surface area contributed by atoms with Gasteiger partial charge >= 0.3 is 0 Å². The van der Waals surface area contributed by atoms with E-state index in [4.69, 9.17) is 21.1 Å². The highest BCUT2D eigenvalue weighted by Crippen LogP contribution is 2.31. The van der Waals surface area contributed by atoms with Crippen LogP contribution in [-0.2, 0) is 19.6 Å². The molecule has 0 radical (unpaired) electrons. The number of hydrogen-bond donors (Lipinski definition) is 1. The number of halogens is 1. The molecule has 1 fully saturated rings. The van der Waals surface area contributed by atoms with E-state index in [1.165, 1.54) is 25.3 Å². The summed E-state index contributed by atoms with van der Waals surface area (Å²) in [7, 11) is -2.51. The van der Waals surface area contributed by atoms with E-state index in [1.807, 2.05) is 0 Å². The first-order chi connectivity index (χ1) is 13.9. The van der Waals surface area contributed by atoms with Crippen molar-refractivity contribution in [2.75, 3.05) is 31.1 Å². The van der Waals surface area contributed by atoms with Crippen molar-refractivity contribution in [1.29, 1.82) is 0 Å². The van der Waals surface area contributed by atoms with Crippen LogP contribution in [0.25, 0.3) is 0 Å². The molecule has 1 amide bonds. The number of nitrogens with one attached hydrogen (secondary N) is 1. The molecule has 0 spiro atoms. The summed E-state index contributed by atoms with van der Waals surface area (Å²) in [5, 5.41) is 3.01. The van der Waals surface area contributed by atoms with E-state index >= 15 is 0 Å². The number of sulfonamides is 1. The SMILES string of the molecule is COc1ccc(N(CC(=O)NC[C@H]2CCCO2)S(=O)(=O)c2ccccc2)cc1Cl. The molecule has 9 heteroatoms. The Morgan fingerprint density at radius 2 is 2.03 bits per heavy atom. The van der Waals surface area contributed by atoms with Crippen LogP contribution in [-0.4, -0.2) is 47.2 Å². The normalized spacial score (nSPS) is 16.4. The molecule has 0 aliphatic carbocycles. The van der Waals surface area contributed by atoms with Gasteiger partial charge in [0.15, 0.2) is 0 Å². The quantitative estimate of drug-likeness (QED) is 0.685. The predicted molar refractivity (Wildman–Crippen MR) is 111 cm³/mol. The largest absolute Gasteiger partial charge is 0.495 e. The maximum Gasteiger partial charge on any atom is 0.264 e. The van der Waals surface area contributed by atoms with E-state index in [0.717, 1.165) is 17.1 Å². The molecule has 1 aliphatic rings. The van der Waals surface area contributed by atoms with E-state index in [9.17, 15) is 13.2 Å². The van der Waals surface area contributed by atoms with Gasteiger partial charge in [0, 0.05) is 13.2 Å². The molecule has 156 valence electrons. The van der Waals surface area contributed by atoms with Crippen molar-refractivity contribution >= 4 is 33.2 Å². The molecule has 1 heterocycles. The van der Waals surface area contributed by atoms with Crippen molar-refractivity contribution in [1.82, 2.24) is 5.32 Å². The third-order valence-electron chi connectivity index (χ3n) is 4.59. The molecule has 1 aliphatic heterocycles. The number of rotatable bonds is 8. The maximum atomic E-state index is 13.2. The van der Waals surface area contributed by atoms with Crippen molar-refractivity contribution in [3.63, 3.8) is 0 Å². The summed E-state index contributed by atoms with van der Waals surface area (Å²) in [5.74, 6) is -0.0118. The number of hydrogen-bond acceptors (Lipinski definition) is 5. The zero-order valence-electron chi connectivity index (χ0n) is 16.0. The molecule has 3 rings (SSSR count). The van der Waals surface area contributed by atoms with E-state index < -0.39 is 15.9 Å². The zero-order chi connectivity index (χ0) is 20.9. The molecule has 7 nitrogen and oxygen atoms in total. The molecule has 0 bridgehead atoms. The first kappa shape index (κ1) is 21.4. The lowest BCUT2D eigenvalue weighted by molar-refractivity contribution is -0.120. The number of benzene rings is 2. The zero-order valence-corrected chi connectivity index (χ0v) is 17.6. The number of methoxy groups -OCH3 is 1. The van der Waals surface area contributed by atoms with Gasteiger partial charge < -0.3 is 14.8 Å². The Kier molecular flexibility index (Phi) is 7.00. The third-order valence-corrected chi connectivity index (χ3v) is 6.68. The minimum atomic E-state index is -3.98. The van der Waals surface area contributed by atoms with Gasteiger partial charge in [0.1, 0.15) is 12.3 Å². The number of amides is 1. The Hall–Kier alpha value is -2.29. The lowest BCUT2D eigenvalue weighted by atomic mass is 10.2. The second-order valence-corrected chi connectivity index (χ2v) is 8.85. The number of nitrogens with zero attached hydrogens (tertiary/aromatic N) is 1. The van der Waals surface area contributed by atoms with Crippen LogP contribution in [0, 0.1) is 0 Å². The molecule has 29 heavy (non-hydrogen) atoms.